The van der Waals surface area contributed by atoms with Gasteiger partial charge >= 0.3 is 0 Å². The summed E-state index contributed by atoms with van der Waals surface area (Å²) in [7, 11) is 0. The van der Waals surface area contributed by atoms with E-state index in [1.165, 1.54) is 42.3 Å². The van der Waals surface area contributed by atoms with Crippen molar-refractivity contribution in [2.75, 3.05) is 5.75 Å². The van der Waals surface area contributed by atoms with Crippen molar-refractivity contribution in [2.45, 2.75) is 55.3 Å². The molecule has 1 atom stereocenters. The lowest BCUT2D eigenvalue weighted by molar-refractivity contribution is -0.130. The molecule has 3 aromatic rings. The van der Waals surface area contributed by atoms with Crippen LogP contribution in [0, 0.1) is 0 Å². The van der Waals surface area contributed by atoms with Gasteiger partial charge in [-0.15, -0.1) is 32.9 Å². The van der Waals surface area contributed by atoms with Gasteiger partial charge in [-0.2, -0.15) is 5.10 Å². The molecule has 6 rings (SSSR count). The van der Waals surface area contributed by atoms with Crippen LogP contribution in [0.2, 0.25) is 0 Å². The molecule has 0 saturated heterocycles. The number of rotatable bonds is 7. The van der Waals surface area contributed by atoms with Crippen LogP contribution < -0.4 is 0 Å². The number of thiophene rings is 2. The molecule has 3 aliphatic rings. The zero-order valence-electron chi connectivity index (χ0n) is 16.3. The lowest BCUT2D eigenvalue weighted by Gasteiger charge is -2.20. The van der Waals surface area contributed by atoms with E-state index in [1.807, 2.05) is 12.1 Å². The normalized spacial score (nSPS) is 21.3. The first-order valence-electron chi connectivity index (χ1n) is 10.3. The number of thioether (sulfide) groups is 1. The van der Waals surface area contributed by atoms with E-state index in [1.54, 1.807) is 27.7 Å². The Morgan fingerprint density at radius 1 is 1.10 bits per heavy atom. The third-order valence-electron chi connectivity index (χ3n) is 5.71. The first kappa shape index (κ1) is 18.8. The number of hydrogen-bond donors (Lipinski definition) is 0. The number of hydrazone groups is 1. The van der Waals surface area contributed by atoms with Crippen molar-refractivity contribution >= 4 is 46.1 Å². The van der Waals surface area contributed by atoms with Gasteiger partial charge in [0.25, 0.3) is 5.91 Å². The highest BCUT2D eigenvalue weighted by Gasteiger charge is 2.37. The van der Waals surface area contributed by atoms with Crippen LogP contribution in [0.5, 0.6) is 0 Å². The Hall–Kier alpha value is -1.97. The molecule has 2 aliphatic carbocycles. The third-order valence-corrected chi connectivity index (χ3v) is 8.53. The summed E-state index contributed by atoms with van der Waals surface area (Å²) in [6.45, 7) is 0. The van der Waals surface area contributed by atoms with E-state index in [-0.39, 0.29) is 11.9 Å². The number of aromatic nitrogens is 3. The zero-order valence-corrected chi connectivity index (χ0v) is 18.8. The van der Waals surface area contributed by atoms with Gasteiger partial charge in [-0.3, -0.25) is 4.79 Å². The lowest BCUT2D eigenvalue weighted by Crippen LogP contribution is -2.28. The van der Waals surface area contributed by atoms with E-state index in [9.17, 15) is 4.79 Å². The maximum absolute atomic E-state index is 13.2. The summed E-state index contributed by atoms with van der Waals surface area (Å²) in [5, 5.41) is 20.4. The fourth-order valence-electron chi connectivity index (χ4n) is 3.91. The SMILES string of the molecule is O=C(CSc1nnc(C2CC2)n1C1CC1)N1N=C(c2cccs2)C[C@@H]1c1cccs1. The topological polar surface area (TPSA) is 63.4 Å². The molecule has 9 heteroatoms. The molecule has 0 bridgehead atoms. The van der Waals surface area contributed by atoms with E-state index < -0.39 is 0 Å². The smallest absolute Gasteiger partial charge is 0.253 e. The van der Waals surface area contributed by atoms with Gasteiger partial charge in [-0.05, 0) is 48.6 Å². The molecule has 0 N–H and O–H groups in total. The Morgan fingerprint density at radius 2 is 1.93 bits per heavy atom. The van der Waals surface area contributed by atoms with Crippen molar-refractivity contribution in [3.05, 3.63) is 50.6 Å². The van der Waals surface area contributed by atoms with Crippen LogP contribution in [0.4, 0.5) is 0 Å². The van der Waals surface area contributed by atoms with Gasteiger partial charge in [0.1, 0.15) is 5.82 Å². The number of nitrogens with zero attached hydrogens (tertiary/aromatic N) is 5. The predicted octanol–water partition coefficient (Wildman–Crippen LogP) is 5.08. The van der Waals surface area contributed by atoms with Gasteiger partial charge in [0, 0.05) is 23.3 Å². The number of amides is 1. The van der Waals surface area contributed by atoms with Crippen LogP contribution in [0.25, 0.3) is 0 Å². The van der Waals surface area contributed by atoms with Crippen LogP contribution >= 0.6 is 34.4 Å². The van der Waals surface area contributed by atoms with Crippen LogP contribution in [-0.2, 0) is 4.79 Å². The minimum absolute atomic E-state index is 0.0153. The molecule has 3 aromatic heterocycles. The molecule has 154 valence electrons. The highest BCUT2D eigenvalue weighted by atomic mass is 32.2. The van der Waals surface area contributed by atoms with Crippen LogP contribution in [-0.4, -0.2) is 37.1 Å². The monoisotopic (exact) mass is 455 g/mol. The molecule has 0 aromatic carbocycles. The molecular weight excluding hydrogens is 434 g/mol. The second-order valence-electron chi connectivity index (χ2n) is 8.00. The molecular formula is C21H21N5OS3. The largest absolute Gasteiger partial charge is 0.303 e. The fourth-order valence-corrected chi connectivity index (χ4v) is 6.31. The van der Waals surface area contributed by atoms with Crippen LogP contribution in [0.3, 0.4) is 0 Å². The maximum atomic E-state index is 13.2. The highest BCUT2D eigenvalue weighted by molar-refractivity contribution is 7.99. The van der Waals surface area contributed by atoms with Gasteiger partial charge in [0.2, 0.25) is 0 Å². The third kappa shape index (κ3) is 3.52. The molecule has 4 heterocycles. The van der Waals surface area contributed by atoms with Crippen LogP contribution in [0.1, 0.15) is 65.7 Å². The van der Waals surface area contributed by atoms with Crippen molar-refractivity contribution in [1.82, 2.24) is 19.8 Å². The summed E-state index contributed by atoms with van der Waals surface area (Å²) in [5.74, 6) is 2.06. The summed E-state index contributed by atoms with van der Waals surface area (Å²) in [6, 6.07) is 8.76. The average Bonchev–Trinajstić information content (AvgIpc) is 3.49. The summed E-state index contributed by atoms with van der Waals surface area (Å²) in [4.78, 5) is 15.6. The van der Waals surface area contributed by atoms with E-state index >= 15 is 0 Å². The van der Waals surface area contributed by atoms with Gasteiger partial charge < -0.3 is 4.57 Å². The first-order chi connectivity index (χ1) is 14.8. The Kier molecular flexibility index (Phi) is 4.77. The number of carbonyl (C=O) groups is 1. The van der Waals surface area contributed by atoms with Gasteiger partial charge in [-0.1, -0.05) is 23.9 Å². The van der Waals surface area contributed by atoms with Crippen molar-refractivity contribution < 1.29 is 4.79 Å². The van der Waals surface area contributed by atoms with E-state index in [0.29, 0.717) is 17.7 Å². The molecule has 2 fully saturated rings. The quantitative estimate of drug-likeness (QED) is 0.466. The molecule has 0 unspecified atom stereocenters. The zero-order chi connectivity index (χ0) is 20.1. The molecule has 1 aliphatic heterocycles. The molecule has 1 amide bonds. The Balaban J connectivity index is 1.22. The Bertz CT molecular complexity index is 1080. The fraction of sp³-hybridized carbons (Fsp3) is 0.429. The molecule has 2 saturated carbocycles. The summed E-state index contributed by atoms with van der Waals surface area (Å²) in [5.41, 5.74) is 0.999. The highest BCUT2D eigenvalue weighted by Crippen LogP contribution is 2.46. The van der Waals surface area contributed by atoms with Crippen LogP contribution in [0.15, 0.2) is 45.3 Å². The van der Waals surface area contributed by atoms with Gasteiger partial charge in [-0.25, -0.2) is 5.01 Å². The van der Waals surface area contributed by atoms with E-state index in [2.05, 4.69) is 37.7 Å². The molecule has 0 radical (unpaired) electrons. The lowest BCUT2D eigenvalue weighted by atomic mass is 10.1. The molecule has 6 nitrogen and oxygen atoms in total. The molecule has 0 spiro atoms. The van der Waals surface area contributed by atoms with Crippen molar-refractivity contribution in [2.24, 2.45) is 5.10 Å². The van der Waals surface area contributed by atoms with Gasteiger partial charge in [0.05, 0.1) is 22.4 Å². The minimum Gasteiger partial charge on any atom is -0.303 e. The maximum Gasteiger partial charge on any atom is 0.253 e. The summed E-state index contributed by atoms with van der Waals surface area (Å²) >= 11 is 4.87. The van der Waals surface area contributed by atoms with Crippen molar-refractivity contribution in [3.63, 3.8) is 0 Å². The average molecular weight is 456 g/mol. The van der Waals surface area contributed by atoms with Crippen molar-refractivity contribution in [1.29, 1.82) is 0 Å². The van der Waals surface area contributed by atoms with Gasteiger partial charge in [0.15, 0.2) is 5.16 Å². The molecule has 30 heavy (non-hydrogen) atoms. The number of hydrogen-bond acceptors (Lipinski definition) is 7. The summed E-state index contributed by atoms with van der Waals surface area (Å²) < 4.78 is 2.30. The summed E-state index contributed by atoms with van der Waals surface area (Å²) in [6.07, 6.45) is 5.58. The first-order valence-corrected chi connectivity index (χ1v) is 13.1. The second kappa shape index (κ2) is 7.62. The van der Waals surface area contributed by atoms with E-state index in [4.69, 9.17) is 5.10 Å². The predicted molar refractivity (Wildman–Crippen MR) is 120 cm³/mol. The standard InChI is InChI=1S/C21H21N5OS3/c27-19(12-30-21-23-22-20(13-5-6-13)25(21)14-7-8-14)26-16(18-4-2-10-29-18)11-15(24-26)17-3-1-9-28-17/h1-4,9-10,13-14,16H,5-8,11-12H2/t16-/m1/s1. The Morgan fingerprint density at radius 3 is 2.63 bits per heavy atom. The minimum atomic E-state index is -0.0153. The number of carbonyl (C=O) groups excluding carboxylic acids is 1. The Labute approximate surface area is 187 Å². The van der Waals surface area contributed by atoms with Crippen molar-refractivity contribution in [3.8, 4) is 0 Å². The van der Waals surface area contributed by atoms with E-state index in [0.717, 1.165) is 28.0 Å². The second-order valence-corrected chi connectivity index (χ2v) is 10.9.